The van der Waals surface area contributed by atoms with Gasteiger partial charge in [-0.25, -0.2) is 9.97 Å². The van der Waals surface area contributed by atoms with E-state index in [1.807, 2.05) is 25.1 Å². The summed E-state index contributed by atoms with van der Waals surface area (Å²) in [6, 6.07) is 12.0. The predicted octanol–water partition coefficient (Wildman–Crippen LogP) is 4.20. The van der Waals surface area contributed by atoms with Crippen molar-refractivity contribution in [2.24, 2.45) is 0 Å². The van der Waals surface area contributed by atoms with Gasteiger partial charge in [0.05, 0.1) is 6.10 Å². The molecule has 116 valence electrons. The molecule has 1 saturated carbocycles. The highest BCUT2D eigenvalue weighted by Crippen LogP contribution is 2.38. The van der Waals surface area contributed by atoms with Crippen molar-refractivity contribution in [2.75, 3.05) is 18.5 Å². The van der Waals surface area contributed by atoms with Crippen molar-refractivity contribution in [1.29, 1.82) is 0 Å². The molecule has 1 fully saturated rings. The number of ether oxygens (including phenoxy) is 1. The Kier molecular flexibility index (Phi) is 4.90. The van der Waals surface area contributed by atoms with E-state index < -0.39 is 0 Å². The zero-order chi connectivity index (χ0) is 15.4. The quantitative estimate of drug-likeness (QED) is 0.778. The van der Waals surface area contributed by atoms with Gasteiger partial charge < -0.3 is 10.1 Å². The molecule has 1 aromatic carbocycles. The van der Waals surface area contributed by atoms with Crippen LogP contribution in [0.2, 0.25) is 5.15 Å². The molecule has 1 aliphatic rings. The molecule has 1 N–H and O–H groups in total. The molecule has 5 heteroatoms. The molecule has 0 radical (unpaired) electrons. The summed E-state index contributed by atoms with van der Waals surface area (Å²) in [5.74, 6) is 2.10. The van der Waals surface area contributed by atoms with Crippen LogP contribution in [0.15, 0.2) is 36.4 Å². The van der Waals surface area contributed by atoms with Gasteiger partial charge in [-0.3, -0.25) is 0 Å². The van der Waals surface area contributed by atoms with E-state index in [0.717, 1.165) is 30.0 Å². The predicted molar refractivity (Wildman–Crippen MR) is 88.3 cm³/mol. The van der Waals surface area contributed by atoms with Crippen LogP contribution in [0.5, 0.6) is 0 Å². The molecule has 0 spiro atoms. The Morgan fingerprint density at radius 3 is 2.73 bits per heavy atom. The fourth-order valence-electron chi connectivity index (χ4n) is 2.39. The molecule has 1 aromatic heterocycles. The van der Waals surface area contributed by atoms with Crippen LogP contribution in [-0.2, 0) is 4.74 Å². The molecule has 0 bridgehead atoms. The van der Waals surface area contributed by atoms with Crippen LogP contribution in [0.1, 0.15) is 43.2 Å². The Labute approximate surface area is 135 Å². The molecule has 0 amide bonds. The first kappa shape index (κ1) is 15.3. The molecule has 0 saturated heterocycles. The van der Waals surface area contributed by atoms with Crippen molar-refractivity contribution in [3.63, 3.8) is 0 Å². The van der Waals surface area contributed by atoms with E-state index in [1.54, 1.807) is 6.07 Å². The van der Waals surface area contributed by atoms with Gasteiger partial charge in [-0.2, -0.15) is 0 Å². The van der Waals surface area contributed by atoms with Crippen LogP contribution in [-0.4, -0.2) is 23.1 Å². The topological polar surface area (TPSA) is 47.0 Å². The minimum atomic E-state index is -0.00989. The minimum absolute atomic E-state index is 0.00989. The van der Waals surface area contributed by atoms with E-state index in [0.29, 0.717) is 24.2 Å². The Morgan fingerprint density at radius 2 is 2.05 bits per heavy atom. The summed E-state index contributed by atoms with van der Waals surface area (Å²) in [5, 5.41) is 3.82. The van der Waals surface area contributed by atoms with E-state index in [9.17, 15) is 0 Å². The third-order valence-corrected chi connectivity index (χ3v) is 3.86. The molecule has 2 aromatic rings. The molecule has 0 aliphatic heterocycles. The van der Waals surface area contributed by atoms with Crippen LogP contribution >= 0.6 is 11.6 Å². The molecule has 1 aliphatic carbocycles. The number of benzene rings is 1. The van der Waals surface area contributed by atoms with E-state index in [1.165, 1.54) is 0 Å². The average molecular weight is 318 g/mol. The highest BCUT2D eigenvalue weighted by molar-refractivity contribution is 6.29. The van der Waals surface area contributed by atoms with Gasteiger partial charge in [0.1, 0.15) is 16.8 Å². The summed E-state index contributed by atoms with van der Waals surface area (Å²) >= 11 is 6.09. The van der Waals surface area contributed by atoms with Gasteiger partial charge in [0.15, 0.2) is 0 Å². The normalized spacial score (nSPS) is 15.5. The zero-order valence-electron chi connectivity index (χ0n) is 12.6. The van der Waals surface area contributed by atoms with Crippen LogP contribution in [0.3, 0.4) is 0 Å². The lowest BCUT2D eigenvalue weighted by Gasteiger charge is -2.18. The number of nitrogens with zero attached hydrogens (tertiary/aromatic N) is 2. The van der Waals surface area contributed by atoms with Crippen LogP contribution < -0.4 is 5.32 Å². The second-order valence-corrected chi connectivity index (χ2v) is 5.83. The zero-order valence-corrected chi connectivity index (χ0v) is 13.4. The Balaban J connectivity index is 1.69. The van der Waals surface area contributed by atoms with Crippen molar-refractivity contribution in [1.82, 2.24) is 9.97 Å². The average Bonchev–Trinajstić information content (AvgIpc) is 3.36. The van der Waals surface area contributed by atoms with Gasteiger partial charge in [0.2, 0.25) is 0 Å². The minimum Gasteiger partial charge on any atom is -0.372 e. The van der Waals surface area contributed by atoms with Crippen molar-refractivity contribution in [3.8, 4) is 0 Å². The van der Waals surface area contributed by atoms with Gasteiger partial charge in [-0.1, -0.05) is 41.9 Å². The lowest BCUT2D eigenvalue weighted by Crippen LogP contribution is -2.17. The van der Waals surface area contributed by atoms with Crippen LogP contribution in [0.25, 0.3) is 0 Å². The molecule has 3 rings (SSSR count). The Hall–Kier alpha value is -1.65. The fraction of sp³-hybridized carbons (Fsp3) is 0.412. The maximum Gasteiger partial charge on any atom is 0.135 e. The van der Waals surface area contributed by atoms with Gasteiger partial charge in [0.25, 0.3) is 0 Å². The third-order valence-electron chi connectivity index (χ3n) is 3.66. The van der Waals surface area contributed by atoms with E-state index in [2.05, 4.69) is 27.4 Å². The highest BCUT2D eigenvalue weighted by atomic mass is 35.5. The van der Waals surface area contributed by atoms with E-state index in [4.69, 9.17) is 16.3 Å². The van der Waals surface area contributed by atoms with Gasteiger partial charge >= 0.3 is 0 Å². The molecule has 22 heavy (non-hydrogen) atoms. The van der Waals surface area contributed by atoms with Crippen molar-refractivity contribution in [3.05, 3.63) is 52.9 Å². The smallest absolute Gasteiger partial charge is 0.135 e. The number of anilines is 1. The second-order valence-electron chi connectivity index (χ2n) is 5.44. The summed E-state index contributed by atoms with van der Waals surface area (Å²) < 4.78 is 5.83. The first-order valence-corrected chi connectivity index (χ1v) is 8.09. The maximum atomic E-state index is 6.09. The highest BCUT2D eigenvalue weighted by Gasteiger charge is 2.27. The summed E-state index contributed by atoms with van der Waals surface area (Å²) in [5.41, 5.74) is 1.15. The SMILES string of the molecule is CCOC(CNc1cc(Cl)nc(C2CC2)n1)c1ccccc1. The lowest BCUT2D eigenvalue weighted by molar-refractivity contribution is 0.0718. The summed E-state index contributed by atoms with van der Waals surface area (Å²) in [7, 11) is 0. The van der Waals surface area contributed by atoms with Crippen molar-refractivity contribution in [2.45, 2.75) is 31.8 Å². The number of aromatic nitrogens is 2. The number of rotatable bonds is 7. The Morgan fingerprint density at radius 1 is 1.27 bits per heavy atom. The molecule has 4 nitrogen and oxygen atoms in total. The van der Waals surface area contributed by atoms with E-state index >= 15 is 0 Å². The fourth-order valence-corrected chi connectivity index (χ4v) is 2.58. The number of hydrogen-bond donors (Lipinski definition) is 1. The molecule has 1 heterocycles. The molecular formula is C17H20ClN3O. The van der Waals surface area contributed by atoms with Gasteiger partial charge in [0, 0.05) is 25.1 Å². The van der Waals surface area contributed by atoms with Crippen molar-refractivity contribution < 1.29 is 4.74 Å². The second kappa shape index (κ2) is 7.07. The van der Waals surface area contributed by atoms with Crippen LogP contribution in [0, 0.1) is 0 Å². The lowest BCUT2D eigenvalue weighted by atomic mass is 10.1. The summed E-state index contributed by atoms with van der Waals surface area (Å²) in [6.07, 6.45) is 2.31. The monoisotopic (exact) mass is 317 g/mol. The van der Waals surface area contributed by atoms with Gasteiger partial charge in [-0.15, -0.1) is 0 Å². The molecule has 1 unspecified atom stereocenters. The first-order valence-electron chi connectivity index (χ1n) is 7.71. The van der Waals surface area contributed by atoms with Crippen molar-refractivity contribution >= 4 is 17.4 Å². The third kappa shape index (κ3) is 3.96. The maximum absolute atomic E-state index is 6.09. The largest absolute Gasteiger partial charge is 0.372 e. The summed E-state index contributed by atoms with van der Waals surface area (Å²) in [4.78, 5) is 8.86. The number of hydrogen-bond acceptors (Lipinski definition) is 4. The number of nitrogens with one attached hydrogen (secondary N) is 1. The Bertz CT molecular complexity index is 617. The van der Waals surface area contributed by atoms with Gasteiger partial charge in [-0.05, 0) is 25.3 Å². The van der Waals surface area contributed by atoms with E-state index in [-0.39, 0.29) is 6.10 Å². The molecule has 1 atom stereocenters. The van der Waals surface area contributed by atoms with Crippen LogP contribution in [0.4, 0.5) is 5.82 Å². The summed E-state index contributed by atoms with van der Waals surface area (Å²) in [6.45, 7) is 3.32. The molecular weight excluding hydrogens is 298 g/mol. The standard InChI is InChI=1S/C17H20ClN3O/c1-2-22-14(12-6-4-3-5-7-12)11-19-16-10-15(18)20-17(21-16)13-8-9-13/h3-7,10,13-14H,2,8-9,11H2,1H3,(H,19,20,21). The first-order chi connectivity index (χ1) is 10.8. The number of halogens is 1.